The maximum absolute atomic E-state index is 11.6. The van der Waals surface area contributed by atoms with E-state index in [1.165, 1.54) is 16.7 Å². The molecule has 0 saturated heterocycles. The zero-order chi connectivity index (χ0) is 12.4. The Morgan fingerprint density at radius 3 is 2.88 bits per heavy atom. The summed E-state index contributed by atoms with van der Waals surface area (Å²) in [6.45, 7) is 1.91. The lowest BCUT2D eigenvalue weighted by Gasteiger charge is -2.04. The number of nitro groups is 1. The van der Waals surface area contributed by atoms with Crippen LogP contribution in [-0.4, -0.2) is 14.5 Å². The van der Waals surface area contributed by atoms with Crippen LogP contribution in [0.15, 0.2) is 35.3 Å². The summed E-state index contributed by atoms with van der Waals surface area (Å²) in [5.74, 6) is 0. The molecule has 0 fully saturated rings. The number of nitro benzene ring substituents is 1. The van der Waals surface area contributed by atoms with Crippen molar-refractivity contribution in [2.24, 2.45) is 0 Å². The Bertz CT molecular complexity index is 612. The lowest BCUT2D eigenvalue weighted by Crippen LogP contribution is -2.16. The topological polar surface area (TPSA) is 80.9 Å². The highest BCUT2D eigenvalue weighted by molar-refractivity contribution is 5.43. The number of nitrogens with zero attached hydrogens (tertiary/aromatic N) is 2. The van der Waals surface area contributed by atoms with E-state index in [1.54, 1.807) is 18.3 Å². The predicted molar refractivity (Wildman–Crippen MR) is 62.4 cm³/mol. The Morgan fingerprint density at radius 2 is 2.24 bits per heavy atom. The predicted octanol–water partition coefficient (Wildman–Crippen LogP) is 1.64. The van der Waals surface area contributed by atoms with Crippen LogP contribution in [0.3, 0.4) is 0 Å². The van der Waals surface area contributed by atoms with Crippen LogP contribution in [0.4, 0.5) is 5.69 Å². The molecule has 6 heteroatoms. The summed E-state index contributed by atoms with van der Waals surface area (Å²) in [7, 11) is 0. The van der Waals surface area contributed by atoms with Crippen molar-refractivity contribution in [2.45, 2.75) is 13.3 Å². The molecule has 0 aliphatic heterocycles. The van der Waals surface area contributed by atoms with Gasteiger partial charge in [-0.15, -0.1) is 0 Å². The van der Waals surface area contributed by atoms with Crippen LogP contribution in [0.2, 0.25) is 0 Å². The third-order valence-electron chi connectivity index (χ3n) is 2.51. The number of benzene rings is 1. The van der Waals surface area contributed by atoms with Crippen LogP contribution in [0.25, 0.3) is 5.69 Å². The molecule has 0 spiro atoms. The van der Waals surface area contributed by atoms with E-state index in [1.807, 2.05) is 6.92 Å². The molecule has 6 nitrogen and oxygen atoms in total. The monoisotopic (exact) mass is 233 g/mol. The van der Waals surface area contributed by atoms with Crippen LogP contribution >= 0.6 is 0 Å². The molecule has 1 aromatic heterocycles. The smallest absolute Gasteiger partial charge is 0.312 e. The highest BCUT2D eigenvalue weighted by atomic mass is 16.6. The summed E-state index contributed by atoms with van der Waals surface area (Å²) >= 11 is 0. The quantitative estimate of drug-likeness (QED) is 0.646. The Morgan fingerprint density at radius 1 is 1.47 bits per heavy atom. The first-order chi connectivity index (χ1) is 8.13. The molecule has 1 heterocycles. The molecule has 17 heavy (non-hydrogen) atoms. The van der Waals surface area contributed by atoms with E-state index in [0.717, 1.165) is 5.69 Å². The van der Waals surface area contributed by atoms with Gasteiger partial charge in [-0.3, -0.25) is 14.7 Å². The van der Waals surface area contributed by atoms with E-state index in [2.05, 4.69) is 4.98 Å². The largest absolute Gasteiger partial charge is 0.330 e. The second-order valence-electron chi connectivity index (χ2n) is 3.55. The van der Waals surface area contributed by atoms with Crippen LogP contribution in [0.5, 0.6) is 0 Å². The summed E-state index contributed by atoms with van der Waals surface area (Å²) in [5, 5.41) is 10.7. The molecule has 0 atom stereocenters. The first kappa shape index (κ1) is 11.1. The van der Waals surface area contributed by atoms with Gasteiger partial charge in [0.2, 0.25) is 0 Å². The molecule has 0 saturated carbocycles. The van der Waals surface area contributed by atoms with Crippen LogP contribution in [-0.2, 0) is 6.42 Å². The molecule has 1 N–H and O–H groups in total. The van der Waals surface area contributed by atoms with Crippen molar-refractivity contribution in [1.82, 2.24) is 9.55 Å². The maximum atomic E-state index is 11.6. The number of aromatic amines is 1. The van der Waals surface area contributed by atoms with Crippen molar-refractivity contribution in [3.8, 4) is 5.69 Å². The first-order valence-electron chi connectivity index (χ1n) is 5.17. The van der Waals surface area contributed by atoms with Gasteiger partial charge in [0.15, 0.2) is 0 Å². The summed E-state index contributed by atoms with van der Waals surface area (Å²) in [6, 6.07) is 6.01. The number of non-ortho nitro benzene ring substituents is 1. The number of hydrogen-bond donors (Lipinski definition) is 1. The number of H-pyrrole nitrogens is 1. The van der Waals surface area contributed by atoms with Gasteiger partial charge in [0.05, 0.1) is 10.6 Å². The van der Waals surface area contributed by atoms with Crippen LogP contribution in [0, 0.1) is 10.1 Å². The third kappa shape index (κ3) is 1.96. The zero-order valence-electron chi connectivity index (χ0n) is 9.21. The molecule has 2 rings (SSSR count). The number of imidazole rings is 1. The summed E-state index contributed by atoms with van der Waals surface area (Å²) in [5.41, 5.74) is 0.970. The highest BCUT2D eigenvalue weighted by Crippen LogP contribution is 2.16. The van der Waals surface area contributed by atoms with Crippen molar-refractivity contribution in [3.63, 3.8) is 0 Å². The van der Waals surface area contributed by atoms with E-state index in [-0.39, 0.29) is 11.4 Å². The highest BCUT2D eigenvalue weighted by Gasteiger charge is 2.11. The zero-order valence-corrected chi connectivity index (χ0v) is 9.21. The van der Waals surface area contributed by atoms with Gasteiger partial charge in [0.25, 0.3) is 5.69 Å². The number of hydrogen-bond acceptors (Lipinski definition) is 3. The van der Waals surface area contributed by atoms with Gasteiger partial charge < -0.3 is 4.98 Å². The summed E-state index contributed by atoms with van der Waals surface area (Å²) in [6.07, 6.45) is 2.28. The second kappa shape index (κ2) is 4.25. The number of rotatable bonds is 3. The molecule has 0 radical (unpaired) electrons. The second-order valence-corrected chi connectivity index (χ2v) is 3.55. The fourth-order valence-corrected chi connectivity index (χ4v) is 1.69. The molecule has 1 aromatic carbocycles. The minimum Gasteiger partial charge on any atom is -0.312 e. The lowest BCUT2D eigenvalue weighted by molar-refractivity contribution is -0.384. The minimum atomic E-state index is -0.479. The maximum Gasteiger partial charge on any atom is 0.330 e. The fourth-order valence-electron chi connectivity index (χ4n) is 1.69. The number of aromatic nitrogens is 2. The van der Waals surface area contributed by atoms with Gasteiger partial charge in [-0.2, -0.15) is 0 Å². The molecule has 0 bridgehead atoms. The molecule has 2 aromatic rings. The molecule has 0 aliphatic carbocycles. The first-order valence-corrected chi connectivity index (χ1v) is 5.17. The van der Waals surface area contributed by atoms with Crippen molar-refractivity contribution >= 4 is 5.69 Å². The molecule has 0 amide bonds. The summed E-state index contributed by atoms with van der Waals surface area (Å²) < 4.78 is 1.44. The fraction of sp³-hybridized carbons (Fsp3) is 0.182. The minimum absolute atomic E-state index is 0.0300. The number of nitrogens with one attached hydrogen (secondary N) is 1. The SMILES string of the molecule is CCc1c[nH]c(=O)n1-c1cccc([N+](=O)[O-])c1. The lowest BCUT2D eigenvalue weighted by atomic mass is 10.2. The van der Waals surface area contributed by atoms with Crippen LogP contribution in [0.1, 0.15) is 12.6 Å². The normalized spacial score (nSPS) is 10.4. The summed E-state index contributed by atoms with van der Waals surface area (Å²) in [4.78, 5) is 24.4. The van der Waals surface area contributed by atoms with Crippen LogP contribution < -0.4 is 5.69 Å². The third-order valence-corrected chi connectivity index (χ3v) is 2.51. The van der Waals surface area contributed by atoms with Gasteiger partial charge in [-0.1, -0.05) is 13.0 Å². The molecule has 0 unspecified atom stereocenters. The molecule has 0 aliphatic rings. The molecule has 88 valence electrons. The van der Waals surface area contributed by atoms with Gasteiger partial charge in [0.1, 0.15) is 0 Å². The average molecular weight is 233 g/mol. The van der Waals surface area contributed by atoms with E-state index >= 15 is 0 Å². The Kier molecular flexibility index (Phi) is 2.78. The van der Waals surface area contributed by atoms with E-state index in [4.69, 9.17) is 0 Å². The molecular formula is C11H11N3O3. The van der Waals surface area contributed by atoms with E-state index in [9.17, 15) is 14.9 Å². The van der Waals surface area contributed by atoms with Gasteiger partial charge in [-0.05, 0) is 12.5 Å². The van der Waals surface area contributed by atoms with Gasteiger partial charge in [-0.25, -0.2) is 4.79 Å². The van der Waals surface area contributed by atoms with Crippen molar-refractivity contribution in [3.05, 3.63) is 56.8 Å². The van der Waals surface area contributed by atoms with Crippen molar-refractivity contribution < 1.29 is 4.92 Å². The Hall–Kier alpha value is -2.37. The number of aryl methyl sites for hydroxylation is 1. The van der Waals surface area contributed by atoms with E-state index < -0.39 is 4.92 Å². The Balaban J connectivity index is 2.60. The average Bonchev–Trinajstić information content (AvgIpc) is 2.70. The van der Waals surface area contributed by atoms with Gasteiger partial charge >= 0.3 is 5.69 Å². The van der Waals surface area contributed by atoms with Gasteiger partial charge in [0, 0.05) is 24.0 Å². The van der Waals surface area contributed by atoms with Crippen molar-refractivity contribution in [1.29, 1.82) is 0 Å². The standard InChI is InChI=1S/C11H11N3O3/c1-2-8-7-12-11(15)13(8)9-4-3-5-10(6-9)14(16)17/h3-7H,2H2,1H3,(H,12,15). The Labute approximate surface area is 96.7 Å². The van der Waals surface area contributed by atoms with E-state index in [0.29, 0.717) is 12.1 Å². The molecular weight excluding hydrogens is 222 g/mol. The van der Waals surface area contributed by atoms with Crippen molar-refractivity contribution in [2.75, 3.05) is 0 Å².